The first-order chi connectivity index (χ1) is 15.2. The van der Waals surface area contributed by atoms with Gasteiger partial charge in [0.2, 0.25) is 0 Å². The summed E-state index contributed by atoms with van der Waals surface area (Å²) < 4.78 is 6.51. The van der Waals surface area contributed by atoms with Gasteiger partial charge in [-0.3, -0.25) is 4.79 Å². The monoisotopic (exact) mass is 450 g/mol. The van der Waals surface area contributed by atoms with Gasteiger partial charge in [-0.2, -0.15) is 5.26 Å². The topological polar surface area (TPSA) is 87.9 Å². The van der Waals surface area contributed by atoms with Gasteiger partial charge in [0, 0.05) is 24.2 Å². The third-order valence-electron chi connectivity index (χ3n) is 7.25. The zero-order valence-corrected chi connectivity index (χ0v) is 21.5. The summed E-state index contributed by atoms with van der Waals surface area (Å²) in [7, 11) is 0. The number of carbonyl (C=O) groups is 1. The lowest BCUT2D eigenvalue weighted by atomic mass is 9.49. The molecule has 0 aliphatic heterocycles. The fraction of sp³-hybridized carbons (Fsp3) is 0.556. The van der Waals surface area contributed by atoms with E-state index in [2.05, 4.69) is 49.0 Å². The van der Waals surface area contributed by atoms with Crippen molar-refractivity contribution < 1.29 is 11.0 Å². The van der Waals surface area contributed by atoms with E-state index in [1.807, 2.05) is 53.7 Å². The van der Waals surface area contributed by atoms with Crippen molar-refractivity contribution in [2.75, 3.05) is 0 Å². The number of aromatic nitrogens is 2. The van der Waals surface area contributed by atoms with Gasteiger partial charge in [-0.25, -0.2) is 9.97 Å². The predicted octanol–water partition coefficient (Wildman–Crippen LogP) is 5.56. The fourth-order valence-corrected chi connectivity index (χ4v) is 5.50. The van der Waals surface area contributed by atoms with Crippen LogP contribution in [0.2, 0.25) is 0 Å². The number of nitrogens with one attached hydrogen (secondary N) is 1. The molecule has 0 atom stereocenters. The Kier molecular flexibility index (Phi) is 6.32. The third kappa shape index (κ3) is 4.10. The van der Waals surface area contributed by atoms with Gasteiger partial charge >= 0.3 is 0 Å². The normalized spacial score (nSPS) is 20.7. The van der Waals surface area contributed by atoms with E-state index < -0.39 is 0 Å². The first-order valence-corrected chi connectivity index (χ1v) is 11.6. The van der Waals surface area contributed by atoms with E-state index in [-0.39, 0.29) is 36.2 Å². The minimum Gasteiger partial charge on any atom is -0.489 e. The van der Waals surface area contributed by atoms with Crippen molar-refractivity contribution in [2.24, 2.45) is 10.8 Å². The highest BCUT2D eigenvalue weighted by molar-refractivity contribution is 5.96. The van der Waals surface area contributed by atoms with E-state index in [4.69, 9.17) is 4.74 Å². The van der Waals surface area contributed by atoms with Crippen LogP contribution in [0.15, 0.2) is 12.1 Å². The number of rotatable bonds is 5. The Bertz CT molecular complexity index is 1110. The lowest BCUT2D eigenvalue weighted by Crippen LogP contribution is -2.74. The molecule has 1 saturated carbocycles. The van der Waals surface area contributed by atoms with E-state index in [0.717, 1.165) is 22.7 Å². The molecule has 6 heteroatoms. The van der Waals surface area contributed by atoms with Gasteiger partial charge in [-0.15, -0.1) is 0 Å². The smallest absolute Gasteiger partial charge is 0.255 e. The third-order valence-corrected chi connectivity index (χ3v) is 7.25. The molecule has 1 amide bonds. The zero-order valence-electron chi connectivity index (χ0n) is 21.5. The number of ether oxygens (including phenoxy) is 1. The number of nitrogens with zero attached hydrogens (tertiary/aromatic N) is 3. The van der Waals surface area contributed by atoms with Crippen LogP contribution in [0.1, 0.15) is 93.1 Å². The first-order valence-electron chi connectivity index (χ1n) is 11.6. The van der Waals surface area contributed by atoms with Gasteiger partial charge in [0.05, 0.1) is 28.6 Å². The van der Waals surface area contributed by atoms with Crippen LogP contribution in [0.5, 0.6) is 5.75 Å². The van der Waals surface area contributed by atoms with Crippen molar-refractivity contribution in [3.05, 3.63) is 51.6 Å². The molecule has 1 N–H and O–H groups in total. The molecule has 0 radical (unpaired) electrons. The van der Waals surface area contributed by atoms with E-state index in [0.29, 0.717) is 22.5 Å². The van der Waals surface area contributed by atoms with Crippen LogP contribution in [0.4, 0.5) is 0 Å². The average Bonchev–Trinajstić information content (AvgIpc) is 2.71. The minimum atomic E-state index is -0.298. The lowest BCUT2D eigenvalue weighted by Gasteiger charge is -2.63. The van der Waals surface area contributed by atoms with Crippen molar-refractivity contribution in [3.8, 4) is 11.8 Å². The first kappa shape index (κ1) is 24.7. The van der Waals surface area contributed by atoms with E-state index >= 15 is 0 Å². The highest BCUT2D eigenvalue weighted by Crippen LogP contribution is 2.55. The van der Waals surface area contributed by atoms with Gasteiger partial charge in [0.25, 0.3) is 5.91 Å². The minimum absolute atomic E-state index is 0. The highest BCUT2D eigenvalue weighted by atomic mass is 16.5. The van der Waals surface area contributed by atoms with Gasteiger partial charge in [-0.05, 0) is 51.0 Å². The Morgan fingerprint density at radius 3 is 2.09 bits per heavy atom. The molecule has 1 heterocycles. The molecular formula is C27H38N4O2. The number of aryl methyl sites for hydroxylation is 2. The van der Waals surface area contributed by atoms with Crippen LogP contribution in [-0.2, 0) is 0 Å². The van der Waals surface area contributed by atoms with Gasteiger partial charge in [0.1, 0.15) is 17.7 Å². The quantitative estimate of drug-likeness (QED) is 0.644. The molecule has 0 unspecified atom stereocenters. The standard InChI is InChI=1S/C27H36N4O2.H2/c1-14(2)22-29-17(5)21(18(6)30-22)23(32)31-24-26(7,8)25(27(24,9)10)33-20-12-11-19(13-28)15(3)16(20)4;/h11-12,14,24-25H,1-10H3,(H,31,32);1H. The Labute approximate surface area is 199 Å². The SMILES string of the molecule is Cc1nc(C(C)C)nc(C)c1C(=O)NC1C(C)(C)C(Oc2ccc(C#N)c(C)c2C)C1(C)C.[HH]. The summed E-state index contributed by atoms with van der Waals surface area (Å²) in [5.74, 6) is 1.60. The molecule has 0 bridgehead atoms. The molecule has 0 spiro atoms. The van der Waals surface area contributed by atoms with E-state index in [1.165, 1.54) is 0 Å². The maximum atomic E-state index is 13.3. The maximum absolute atomic E-state index is 13.3. The second-order valence-corrected chi connectivity index (χ2v) is 10.8. The van der Waals surface area contributed by atoms with Crippen LogP contribution in [0.3, 0.4) is 0 Å². The second-order valence-electron chi connectivity index (χ2n) is 10.8. The second kappa shape index (κ2) is 8.44. The summed E-state index contributed by atoms with van der Waals surface area (Å²) in [6.45, 7) is 20.2. The Hall–Kier alpha value is -2.94. The summed E-state index contributed by atoms with van der Waals surface area (Å²) in [6.07, 6.45) is -0.108. The van der Waals surface area contributed by atoms with Gasteiger partial charge in [0.15, 0.2) is 0 Å². The number of amides is 1. The van der Waals surface area contributed by atoms with Gasteiger partial charge < -0.3 is 10.1 Å². The van der Waals surface area contributed by atoms with Gasteiger partial charge in [-0.1, -0.05) is 41.5 Å². The average molecular weight is 451 g/mol. The Balaban J connectivity index is 0.00000408. The molecule has 1 aromatic heterocycles. The Morgan fingerprint density at radius 2 is 1.61 bits per heavy atom. The fourth-order valence-electron chi connectivity index (χ4n) is 5.50. The maximum Gasteiger partial charge on any atom is 0.255 e. The number of benzene rings is 1. The number of carbonyl (C=O) groups excluding carboxylic acids is 1. The molecule has 33 heavy (non-hydrogen) atoms. The molecule has 3 rings (SSSR count). The number of hydrogen-bond acceptors (Lipinski definition) is 5. The largest absolute Gasteiger partial charge is 0.489 e. The van der Waals surface area contributed by atoms with Crippen LogP contribution < -0.4 is 10.1 Å². The van der Waals surface area contributed by atoms with Crippen LogP contribution in [0, 0.1) is 49.9 Å². The highest BCUT2D eigenvalue weighted by Gasteiger charge is 2.64. The van der Waals surface area contributed by atoms with E-state index in [9.17, 15) is 10.1 Å². The molecule has 6 nitrogen and oxygen atoms in total. The zero-order chi connectivity index (χ0) is 24.9. The molecule has 2 aromatic rings. The summed E-state index contributed by atoms with van der Waals surface area (Å²) in [5.41, 5.74) is 3.93. The number of nitriles is 1. The van der Waals surface area contributed by atoms with E-state index in [1.54, 1.807) is 0 Å². The number of hydrogen-bond donors (Lipinski definition) is 1. The van der Waals surface area contributed by atoms with Crippen molar-refractivity contribution in [1.82, 2.24) is 15.3 Å². The van der Waals surface area contributed by atoms with Crippen molar-refractivity contribution in [1.29, 1.82) is 5.26 Å². The van der Waals surface area contributed by atoms with Crippen molar-refractivity contribution in [2.45, 2.75) is 87.3 Å². The van der Waals surface area contributed by atoms with Crippen LogP contribution in [-0.4, -0.2) is 28.0 Å². The lowest BCUT2D eigenvalue weighted by molar-refractivity contribution is -0.164. The van der Waals surface area contributed by atoms with Crippen LogP contribution >= 0.6 is 0 Å². The molecule has 178 valence electrons. The molecule has 0 saturated heterocycles. The molecule has 1 aromatic carbocycles. The summed E-state index contributed by atoms with van der Waals surface area (Å²) in [5, 5.41) is 12.6. The molecule has 1 aliphatic carbocycles. The van der Waals surface area contributed by atoms with Crippen molar-refractivity contribution in [3.63, 3.8) is 0 Å². The van der Waals surface area contributed by atoms with Crippen molar-refractivity contribution >= 4 is 5.91 Å². The molecule has 1 fully saturated rings. The van der Waals surface area contributed by atoms with Crippen LogP contribution in [0.25, 0.3) is 0 Å². The summed E-state index contributed by atoms with van der Waals surface area (Å²) >= 11 is 0. The molecular weight excluding hydrogens is 412 g/mol. The molecule has 1 aliphatic rings. The predicted molar refractivity (Wildman–Crippen MR) is 132 cm³/mol. The summed E-state index contributed by atoms with van der Waals surface area (Å²) in [4.78, 5) is 22.4. The summed E-state index contributed by atoms with van der Waals surface area (Å²) in [6, 6.07) is 5.82. The Morgan fingerprint density at radius 1 is 1.06 bits per heavy atom.